The van der Waals surface area contributed by atoms with Crippen LogP contribution in [0.15, 0.2) is 42.9 Å². The maximum atomic E-state index is 13.1. The number of phenolic OH excluding ortho intramolecular Hbond substituents is 1. The number of hydrogen-bond acceptors (Lipinski definition) is 4. The number of nitrogens with zero attached hydrogens (tertiary/aromatic N) is 1. The van der Waals surface area contributed by atoms with E-state index in [2.05, 4.69) is 18.8 Å². The van der Waals surface area contributed by atoms with Crippen LogP contribution in [-0.2, 0) is 17.9 Å². The quantitative estimate of drug-likeness (QED) is 0.214. The Morgan fingerprint density at radius 1 is 1.06 bits per heavy atom. The topological polar surface area (TPSA) is 87.5 Å². The third kappa shape index (κ3) is 7.39. The van der Waals surface area contributed by atoms with Crippen LogP contribution in [0, 0.1) is 5.92 Å². The van der Waals surface area contributed by atoms with Crippen LogP contribution in [0.3, 0.4) is 0 Å². The normalized spacial score (nSPS) is 13.3. The highest BCUT2D eigenvalue weighted by atomic mass is 16.5. The molecule has 0 bridgehead atoms. The number of ether oxygens (including phenoxy) is 1. The molecule has 2 aromatic heterocycles. The number of rotatable bonds is 16. The molecular weight excluding hydrogens is 428 g/mol. The Morgan fingerprint density at radius 3 is 2.56 bits per heavy atom. The molecule has 3 aromatic rings. The lowest BCUT2D eigenvalue weighted by atomic mass is 9.86. The number of carbonyl (C=O) groups excluding carboxylic acids is 1. The number of phenols is 1. The van der Waals surface area contributed by atoms with E-state index >= 15 is 0 Å². The van der Waals surface area contributed by atoms with Crippen molar-refractivity contribution < 1.29 is 19.7 Å². The molecule has 1 aromatic carbocycles. The van der Waals surface area contributed by atoms with Crippen molar-refractivity contribution >= 4 is 16.7 Å². The fourth-order valence-corrected chi connectivity index (χ4v) is 4.49. The number of aromatic nitrogens is 2. The van der Waals surface area contributed by atoms with Crippen LogP contribution >= 0.6 is 0 Å². The lowest BCUT2D eigenvalue weighted by Gasteiger charge is -2.22. The molecule has 6 nitrogen and oxygen atoms in total. The molecule has 2 heterocycles. The Kier molecular flexibility index (Phi) is 10.1. The first-order chi connectivity index (χ1) is 16.5. The van der Waals surface area contributed by atoms with Crippen molar-refractivity contribution in [1.29, 1.82) is 0 Å². The van der Waals surface area contributed by atoms with Crippen molar-refractivity contribution in [2.24, 2.45) is 5.92 Å². The predicted octanol–water partition coefficient (Wildman–Crippen LogP) is 6.35. The van der Waals surface area contributed by atoms with Gasteiger partial charge in [-0.2, -0.15) is 0 Å². The smallest absolute Gasteiger partial charge is 0.165 e. The third-order valence-electron chi connectivity index (χ3n) is 6.57. The largest absolute Gasteiger partial charge is 0.504 e. The second-order valence-electron chi connectivity index (χ2n) is 9.33. The number of Topliss-reactive ketones (excluding diaryl/α,β-unsaturated/α-hetero) is 1. The molecule has 0 saturated heterocycles. The van der Waals surface area contributed by atoms with Gasteiger partial charge < -0.3 is 24.5 Å². The summed E-state index contributed by atoms with van der Waals surface area (Å²) in [6, 6.07) is 7.25. The standard InChI is InChI=1S/C28H40N2O4/c1-3-5-7-9-23(25(31)10-8-6-4-2)26(32)13-11-21-12-14-27(33)28(17-21)34-20-30-18-22-15-16-29-24(22)19-30/h12,14-19,23,25,29,31,33H,3-11,13,20H2,1-2H3/t23-,25-/m1/s1. The van der Waals surface area contributed by atoms with Crippen LogP contribution in [0.2, 0.25) is 0 Å². The van der Waals surface area contributed by atoms with E-state index in [9.17, 15) is 15.0 Å². The van der Waals surface area contributed by atoms with Crippen LogP contribution in [0.25, 0.3) is 10.9 Å². The molecule has 34 heavy (non-hydrogen) atoms. The van der Waals surface area contributed by atoms with Crippen molar-refractivity contribution in [3.05, 3.63) is 48.4 Å². The molecule has 3 N–H and O–H groups in total. The van der Waals surface area contributed by atoms with Gasteiger partial charge in [-0.3, -0.25) is 4.79 Å². The molecule has 0 aliphatic carbocycles. The summed E-state index contributed by atoms with van der Waals surface area (Å²) in [6.07, 6.45) is 14.0. The van der Waals surface area contributed by atoms with Crippen molar-refractivity contribution in [2.45, 2.75) is 90.9 Å². The van der Waals surface area contributed by atoms with Crippen molar-refractivity contribution in [1.82, 2.24) is 9.55 Å². The lowest BCUT2D eigenvalue weighted by Crippen LogP contribution is -2.28. The molecule has 186 valence electrons. The number of fused-ring (bicyclic) bond motifs is 1. The summed E-state index contributed by atoms with van der Waals surface area (Å²) in [7, 11) is 0. The number of aryl methyl sites for hydroxylation is 1. The number of carbonyl (C=O) groups is 1. The molecule has 0 radical (unpaired) electrons. The highest BCUT2D eigenvalue weighted by Crippen LogP contribution is 2.29. The number of hydrogen-bond donors (Lipinski definition) is 3. The van der Waals surface area contributed by atoms with E-state index in [1.165, 1.54) is 0 Å². The van der Waals surface area contributed by atoms with E-state index in [0.29, 0.717) is 25.0 Å². The van der Waals surface area contributed by atoms with Gasteiger partial charge >= 0.3 is 0 Å². The average molecular weight is 469 g/mol. The average Bonchev–Trinajstić information content (AvgIpc) is 3.42. The fraction of sp³-hybridized carbons (Fsp3) is 0.536. The van der Waals surface area contributed by atoms with Crippen LogP contribution < -0.4 is 4.74 Å². The van der Waals surface area contributed by atoms with Crippen molar-refractivity contribution in [2.75, 3.05) is 0 Å². The Labute approximate surface area is 203 Å². The Hall–Kier alpha value is -2.73. The highest BCUT2D eigenvalue weighted by molar-refractivity contribution is 5.81. The maximum Gasteiger partial charge on any atom is 0.165 e. The number of aromatic hydroxyl groups is 1. The number of benzene rings is 1. The molecule has 0 fully saturated rings. The number of nitrogens with one attached hydrogen (secondary N) is 1. The van der Waals surface area contributed by atoms with Crippen molar-refractivity contribution in [3.63, 3.8) is 0 Å². The minimum atomic E-state index is -0.554. The monoisotopic (exact) mass is 468 g/mol. The molecule has 0 amide bonds. The van der Waals surface area contributed by atoms with Crippen molar-refractivity contribution in [3.8, 4) is 11.5 Å². The van der Waals surface area contributed by atoms with Gasteiger partial charge in [-0.15, -0.1) is 0 Å². The van der Waals surface area contributed by atoms with Gasteiger partial charge in [0, 0.05) is 36.3 Å². The zero-order valence-electron chi connectivity index (χ0n) is 20.6. The summed E-state index contributed by atoms with van der Waals surface area (Å²) in [5.74, 6) is 0.339. The second kappa shape index (κ2) is 13.2. The summed E-state index contributed by atoms with van der Waals surface area (Å²) in [6.45, 7) is 4.57. The molecule has 0 spiro atoms. The summed E-state index contributed by atoms with van der Waals surface area (Å²) in [5, 5.41) is 22.1. The number of unbranched alkanes of at least 4 members (excludes halogenated alkanes) is 4. The van der Waals surface area contributed by atoms with E-state index in [0.717, 1.165) is 61.4 Å². The van der Waals surface area contributed by atoms with Gasteiger partial charge in [-0.1, -0.05) is 58.4 Å². The Bertz CT molecular complexity index is 994. The van der Waals surface area contributed by atoms with Gasteiger partial charge in [-0.25, -0.2) is 0 Å². The van der Waals surface area contributed by atoms with Crippen LogP contribution in [-0.4, -0.2) is 31.7 Å². The van der Waals surface area contributed by atoms with Crippen LogP contribution in [0.1, 0.15) is 77.2 Å². The number of H-pyrrole nitrogens is 1. The van der Waals surface area contributed by atoms with E-state index in [1.54, 1.807) is 6.07 Å². The molecule has 0 unspecified atom stereocenters. The Balaban J connectivity index is 1.57. The SMILES string of the molecule is CCCCC[C@@H](O)[C@@H](CCCCC)C(=O)CCc1ccc(O)c(OCn2cc3cc[nH]c3c2)c1. The molecule has 2 atom stereocenters. The number of ketones is 1. The van der Waals surface area contributed by atoms with Gasteiger partial charge in [0.1, 0.15) is 5.78 Å². The second-order valence-corrected chi connectivity index (χ2v) is 9.33. The molecule has 0 aliphatic rings. The molecule has 0 aliphatic heterocycles. The van der Waals surface area contributed by atoms with E-state index in [1.807, 2.05) is 41.4 Å². The molecule has 6 heteroatoms. The van der Waals surface area contributed by atoms with Gasteiger partial charge in [-0.05, 0) is 43.0 Å². The summed E-state index contributed by atoms with van der Waals surface area (Å²) in [5.41, 5.74) is 1.97. The van der Waals surface area contributed by atoms with Gasteiger partial charge in [0.25, 0.3) is 0 Å². The van der Waals surface area contributed by atoms with E-state index < -0.39 is 6.10 Å². The maximum absolute atomic E-state index is 13.1. The Morgan fingerprint density at radius 2 is 1.82 bits per heavy atom. The van der Waals surface area contributed by atoms with E-state index in [4.69, 9.17) is 4.74 Å². The summed E-state index contributed by atoms with van der Waals surface area (Å²) < 4.78 is 7.76. The molecular formula is C28H40N2O4. The van der Waals surface area contributed by atoms with Gasteiger partial charge in [0.05, 0.1) is 11.6 Å². The first-order valence-electron chi connectivity index (χ1n) is 12.8. The third-order valence-corrected chi connectivity index (χ3v) is 6.57. The first kappa shape index (κ1) is 25.9. The summed E-state index contributed by atoms with van der Waals surface area (Å²) >= 11 is 0. The van der Waals surface area contributed by atoms with Crippen LogP contribution in [0.5, 0.6) is 11.5 Å². The molecule has 0 saturated carbocycles. The van der Waals surface area contributed by atoms with E-state index in [-0.39, 0.29) is 24.2 Å². The minimum Gasteiger partial charge on any atom is -0.504 e. The zero-order valence-corrected chi connectivity index (χ0v) is 20.6. The zero-order chi connectivity index (χ0) is 24.3. The van der Waals surface area contributed by atoms with Gasteiger partial charge in [0.2, 0.25) is 0 Å². The first-order valence-corrected chi connectivity index (χ1v) is 12.8. The minimum absolute atomic E-state index is 0.0802. The lowest BCUT2D eigenvalue weighted by molar-refractivity contribution is -0.126. The predicted molar refractivity (Wildman–Crippen MR) is 136 cm³/mol. The highest BCUT2D eigenvalue weighted by Gasteiger charge is 2.25. The van der Waals surface area contributed by atoms with Crippen LogP contribution in [0.4, 0.5) is 0 Å². The molecule has 3 rings (SSSR count). The number of aliphatic hydroxyl groups is 1. The number of aromatic amines is 1. The number of aliphatic hydroxyl groups excluding tert-OH is 1. The fourth-order valence-electron chi connectivity index (χ4n) is 4.49. The van der Waals surface area contributed by atoms with Gasteiger partial charge in [0.15, 0.2) is 18.2 Å². The summed E-state index contributed by atoms with van der Waals surface area (Å²) in [4.78, 5) is 16.2.